The quantitative estimate of drug-likeness (QED) is 0.231. The molecule has 0 unspecified atom stereocenters. The summed E-state index contributed by atoms with van der Waals surface area (Å²) in [6.45, 7) is 8.58. The maximum Gasteiger partial charge on any atom is 0.330 e. The van der Waals surface area contributed by atoms with E-state index in [1.807, 2.05) is 6.07 Å². The molecule has 0 aliphatic carbocycles. The van der Waals surface area contributed by atoms with Crippen LogP contribution in [0.2, 0.25) is 0 Å². The first-order valence-electron chi connectivity index (χ1n) is 10.5. The number of rotatable bonds is 16. The second-order valence-electron chi connectivity index (χ2n) is 6.66. The van der Waals surface area contributed by atoms with Crippen molar-refractivity contribution in [3.63, 3.8) is 0 Å². The Morgan fingerprint density at radius 1 is 0.906 bits per heavy atom. The molecule has 1 aromatic carbocycles. The van der Waals surface area contributed by atoms with Crippen molar-refractivity contribution in [3.8, 4) is 11.5 Å². The van der Waals surface area contributed by atoms with E-state index in [1.165, 1.54) is 18.2 Å². The Hall–Kier alpha value is -3.55. The highest BCUT2D eigenvalue weighted by Gasteiger charge is 2.06. The van der Waals surface area contributed by atoms with E-state index in [9.17, 15) is 14.4 Å². The smallest absolute Gasteiger partial charge is 0.330 e. The summed E-state index contributed by atoms with van der Waals surface area (Å²) in [4.78, 5) is 34.0. The molecule has 0 saturated heterocycles. The molecule has 174 valence electrons. The number of carbonyl (C=O) groups excluding carboxylic acids is 3. The standard InChI is InChI=1S/C24H32N2O6/c1-4-22(27)25-14-6-8-16-31-21-18-19(10-12-20(21)30-3)11-13-24(29)32-17-9-7-15-26-23(28)5-2/h4-5,10-13,18H,1-2,6-9,14-17H2,3H3,(H,25,27)(H,26,28). The number of carbonyl (C=O) groups is 3. The van der Waals surface area contributed by atoms with Gasteiger partial charge in [-0.1, -0.05) is 19.2 Å². The molecular weight excluding hydrogens is 412 g/mol. The Morgan fingerprint density at radius 2 is 1.53 bits per heavy atom. The van der Waals surface area contributed by atoms with Gasteiger partial charge in [-0.25, -0.2) is 4.79 Å². The van der Waals surface area contributed by atoms with E-state index in [0.29, 0.717) is 44.0 Å². The van der Waals surface area contributed by atoms with E-state index in [4.69, 9.17) is 14.2 Å². The summed E-state index contributed by atoms with van der Waals surface area (Å²) in [7, 11) is 1.56. The van der Waals surface area contributed by atoms with Gasteiger partial charge in [-0.05, 0) is 61.6 Å². The lowest BCUT2D eigenvalue weighted by molar-refractivity contribution is -0.137. The van der Waals surface area contributed by atoms with Crippen LogP contribution in [0.15, 0.2) is 49.6 Å². The van der Waals surface area contributed by atoms with Crippen LogP contribution >= 0.6 is 0 Å². The van der Waals surface area contributed by atoms with Crippen molar-refractivity contribution < 1.29 is 28.6 Å². The topological polar surface area (TPSA) is 103 Å². The van der Waals surface area contributed by atoms with Crippen LogP contribution in [0.1, 0.15) is 31.2 Å². The van der Waals surface area contributed by atoms with Crippen molar-refractivity contribution in [1.82, 2.24) is 10.6 Å². The Kier molecular flexibility index (Phi) is 13.4. The molecule has 0 bridgehead atoms. The molecule has 0 aromatic heterocycles. The average Bonchev–Trinajstić information content (AvgIpc) is 2.81. The third-order valence-corrected chi connectivity index (χ3v) is 4.21. The summed E-state index contributed by atoms with van der Waals surface area (Å²) in [5.41, 5.74) is 0.767. The summed E-state index contributed by atoms with van der Waals surface area (Å²) in [5, 5.41) is 5.37. The number of ether oxygens (including phenoxy) is 3. The van der Waals surface area contributed by atoms with Gasteiger partial charge in [-0.2, -0.15) is 0 Å². The minimum Gasteiger partial charge on any atom is -0.493 e. The van der Waals surface area contributed by atoms with Gasteiger partial charge >= 0.3 is 5.97 Å². The Morgan fingerprint density at radius 3 is 2.12 bits per heavy atom. The number of nitrogens with one attached hydrogen (secondary N) is 2. The summed E-state index contributed by atoms with van der Waals surface area (Å²) < 4.78 is 16.3. The number of hydrogen-bond acceptors (Lipinski definition) is 6. The number of unbranched alkanes of at least 4 members (excludes halogenated alkanes) is 2. The number of hydrogen-bond donors (Lipinski definition) is 2. The molecule has 2 amide bonds. The average molecular weight is 445 g/mol. The largest absolute Gasteiger partial charge is 0.493 e. The van der Waals surface area contributed by atoms with E-state index in [0.717, 1.165) is 18.4 Å². The van der Waals surface area contributed by atoms with E-state index in [1.54, 1.807) is 25.3 Å². The first kappa shape index (κ1) is 26.5. The normalized spacial score (nSPS) is 10.3. The highest BCUT2D eigenvalue weighted by molar-refractivity contribution is 5.87. The fraction of sp³-hybridized carbons (Fsp3) is 0.375. The van der Waals surface area contributed by atoms with Crippen LogP contribution in [-0.4, -0.2) is 51.2 Å². The highest BCUT2D eigenvalue weighted by Crippen LogP contribution is 2.28. The molecule has 8 nitrogen and oxygen atoms in total. The third-order valence-electron chi connectivity index (χ3n) is 4.21. The fourth-order valence-corrected chi connectivity index (χ4v) is 2.50. The van der Waals surface area contributed by atoms with Crippen molar-refractivity contribution in [2.24, 2.45) is 0 Å². The first-order valence-corrected chi connectivity index (χ1v) is 10.5. The second-order valence-corrected chi connectivity index (χ2v) is 6.66. The van der Waals surface area contributed by atoms with Crippen molar-refractivity contribution in [2.45, 2.75) is 25.7 Å². The van der Waals surface area contributed by atoms with E-state index in [-0.39, 0.29) is 18.4 Å². The van der Waals surface area contributed by atoms with Crippen molar-refractivity contribution >= 4 is 23.9 Å². The number of methoxy groups -OCH3 is 1. The summed E-state index contributed by atoms with van der Waals surface area (Å²) in [5.74, 6) is 0.306. The summed E-state index contributed by atoms with van der Waals surface area (Å²) >= 11 is 0. The van der Waals surface area contributed by atoms with E-state index < -0.39 is 5.97 Å². The maximum absolute atomic E-state index is 11.9. The van der Waals surface area contributed by atoms with Gasteiger partial charge in [-0.15, -0.1) is 0 Å². The summed E-state index contributed by atoms with van der Waals surface area (Å²) in [6.07, 6.45) is 8.33. The molecule has 8 heteroatoms. The van der Waals surface area contributed by atoms with Crippen LogP contribution in [0.4, 0.5) is 0 Å². The van der Waals surface area contributed by atoms with Crippen LogP contribution in [0, 0.1) is 0 Å². The second kappa shape index (κ2) is 16.2. The van der Waals surface area contributed by atoms with Gasteiger partial charge in [0.05, 0.1) is 20.3 Å². The van der Waals surface area contributed by atoms with Crippen LogP contribution < -0.4 is 20.1 Å². The molecule has 0 aliphatic rings. The van der Waals surface area contributed by atoms with Gasteiger partial charge in [0.2, 0.25) is 11.8 Å². The zero-order chi connectivity index (χ0) is 23.6. The minimum absolute atomic E-state index is 0.192. The third kappa shape index (κ3) is 11.6. The van der Waals surface area contributed by atoms with Gasteiger partial charge in [-0.3, -0.25) is 9.59 Å². The molecule has 0 heterocycles. The van der Waals surface area contributed by atoms with Crippen molar-refractivity contribution in [2.75, 3.05) is 33.4 Å². The van der Waals surface area contributed by atoms with Gasteiger partial charge in [0.1, 0.15) is 0 Å². The predicted octanol–water partition coefficient (Wildman–Crippen LogP) is 2.80. The van der Waals surface area contributed by atoms with Crippen molar-refractivity contribution in [1.29, 1.82) is 0 Å². The Labute approximate surface area is 189 Å². The monoisotopic (exact) mass is 444 g/mol. The van der Waals surface area contributed by atoms with Crippen LogP contribution in [-0.2, 0) is 19.1 Å². The van der Waals surface area contributed by atoms with E-state index in [2.05, 4.69) is 23.8 Å². The van der Waals surface area contributed by atoms with E-state index >= 15 is 0 Å². The lowest BCUT2D eigenvalue weighted by atomic mass is 10.2. The zero-order valence-corrected chi connectivity index (χ0v) is 18.6. The molecule has 1 aromatic rings. The van der Waals surface area contributed by atoms with Crippen LogP contribution in [0.3, 0.4) is 0 Å². The molecule has 0 atom stereocenters. The Bertz CT molecular complexity index is 804. The maximum atomic E-state index is 11.9. The lowest BCUT2D eigenvalue weighted by Crippen LogP contribution is -2.22. The zero-order valence-electron chi connectivity index (χ0n) is 18.6. The lowest BCUT2D eigenvalue weighted by Gasteiger charge is -2.11. The molecule has 0 spiro atoms. The number of benzene rings is 1. The molecule has 0 aliphatic heterocycles. The van der Waals surface area contributed by atoms with Gasteiger partial charge < -0.3 is 24.8 Å². The van der Waals surface area contributed by atoms with Crippen LogP contribution in [0.25, 0.3) is 6.08 Å². The SMILES string of the molecule is C=CC(=O)NCCCCOC(=O)C=Cc1ccc(OC)c(OCCCCNC(=O)C=C)c1. The molecule has 0 radical (unpaired) electrons. The summed E-state index contributed by atoms with van der Waals surface area (Å²) in [6, 6.07) is 5.36. The molecular formula is C24H32N2O6. The first-order chi connectivity index (χ1) is 15.5. The number of esters is 1. The van der Waals surface area contributed by atoms with Gasteiger partial charge in [0, 0.05) is 19.2 Å². The number of amides is 2. The minimum atomic E-state index is -0.444. The fourth-order valence-electron chi connectivity index (χ4n) is 2.50. The predicted molar refractivity (Wildman–Crippen MR) is 123 cm³/mol. The molecule has 1 rings (SSSR count). The van der Waals surface area contributed by atoms with Crippen LogP contribution in [0.5, 0.6) is 11.5 Å². The Balaban J connectivity index is 2.40. The molecule has 2 N–H and O–H groups in total. The van der Waals surface area contributed by atoms with Gasteiger partial charge in [0.25, 0.3) is 0 Å². The molecule has 0 saturated carbocycles. The molecule has 32 heavy (non-hydrogen) atoms. The van der Waals surface area contributed by atoms with Gasteiger partial charge in [0.15, 0.2) is 11.5 Å². The molecule has 0 fully saturated rings. The van der Waals surface area contributed by atoms with Crippen molar-refractivity contribution in [3.05, 3.63) is 55.1 Å². The highest BCUT2D eigenvalue weighted by atomic mass is 16.5.